The second-order valence-corrected chi connectivity index (χ2v) is 4.93. The molecule has 0 saturated heterocycles. The van der Waals surface area contributed by atoms with Crippen LogP contribution in [0.15, 0.2) is 24.3 Å². The zero-order valence-corrected chi connectivity index (χ0v) is 13.0. The third-order valence-electron chi connectivity index (χ3n) is 2.81. The molecule has 0 atom stereocenters. The van der Waals surface area contributed by atoms with Crippen molar-refractivity contribution in [1.82, 2.24) is 15.0 Å². The van der Waals surface area contributed by atoms with Crippen LogP contribution in [0, 0.1) is 0 Å². The summed E-state index contributed by atoms with van der Waals surface area (Å²) >= 11 is 5.91. The van der Waals surface area contributed by atoms with Crippen LogP contribution in [0.2, 0.25) is 5.28 Å². The predicted molar refractivity (Wildman–Crippen MR) is 84.3 cm³/mol. The Morgan fingerprint density at radius 3 is 2.67 bits per heavy atom. The third-order valence-corrected chi connectivity index (χ3v) is 2.98. The molecule has 0 amide bonds. The van der Waals surface area contributed by atoms with E-state index in [0.717, 1.165) is 24.9 Å². The Morgan fingerprint density at radius 2 is 1.90 bits per heavy atom. The largest absolute Gasteiger partial charge is 0.463 e. The topological polar surface area (TPSA) is 59.9 Å². The van der Waals surface area contributed by atoms with Gasteiger partial charge in [0.25, 0.3) is 0 Å². The van der Waals surface area contributed by atoms with Gasteiger partial charge in [-0.25, -0.2) is 0 Å². The Bertz CT molecular complexity index is 592. The molecule has 0 bridgehead atoms. The van der Waals surface area contributed by atoms with Gasteiger partial charge >= 0.3 is 6.01 Å². The average molecular weight is 307 g/mol. The molecule has 1 aromatic heterocycles. The Kier molecular flexibility index (Phi) is 5.75. The van der Waals surface area contributed by atoms with E-state index in [9.17, 15) is 0 Å². The van der Waals surface area contributed by atoms with E-state index in [-0.39, 0.29) is 11.3 Å². The molecule has 112 valence electrons. The standard InChI is InChI=1S/C15H19ClN4O/c1-3-7-11-8-5-6-9-12(11)17-14-18-13(16)19-15(20-14)21-10-4-2/h5-6,8-9H,3-4,7,10H2,1-2H3,(H,17,18,19,20). The van der Waals surface area contributed by atoms with E-state index in [1.165, 1.54) is 5.56 Å². The number of anilines is 2. The molecule has 0 aliphatic heterocycles. The number of hydrogen-bond donors (Lipinski definition) is 1. The second-order valence-electron chi connectivity index (χ2n) is 4.59. The van der Waals surface area contributed by atoms with Crippen molar-refractivity contribution >= 4 is 23.2 Å². The van der Waals surface area contributed by atoms with Crippen molar-refractivity contribution < 1.29 is 4.74 Å². The molecule has 1 N–H and O–H groups in total. The fourth-order valence-corrected chi connectivity index (χ4v) is 2.05. The maximum absolute atomic E-state index is 5.91. The van der Waals surface area contributed by atoms with Crippen molar-refractivity contribution in [3.63, 3.8) is 0 Å². The van der Waals surface area contributed by atoms with Gasteiger partial charge in [0.15, 0.2) is 0 Å². The average Bonchev–Trinajstić information content (AvgIpc) is 2.47. The summed E-state index contributed by atoms with van der Waals surface area (Å²) < 4.78 is 5.41. The Morgan fingerprint density at radius 1 is 1.10 bits per heavy atom. The quantitative estimate of drug-likeness (QED) is 0.837. The van der Waals surface area contributed by atoms with Gasteiger partial charge in [-0.2, -0.15) is 15.0 Å². The van der Waals surface area contributed by atoms with Gasteiger partial charge in [0.05, 0.1) is 6.61 Å². The van der Waals surface area contributed by atoms with Crippen molar-refractivity contribution in [2.24, 2.45) is 0 Å². The highest BCUT2D eigenvalue weighted by atomic mass is 35.5. The van der Waals surface area contributed by atoms with Gasteiger partial charge in [-0.15, -0.1) is 0 Å². The monoisotopic (exact) mass is 306 g/mol. The van der Waals surface area contributed by atoms with E-state index < -0.39 is 0 Å². The van der Waals surface area contributed by atoms with E-state index in [1.807, 2.05) is 25.1 Å². The predicted octanol–water partition coefficient (Wildman–Crippen LogP) is 4.01. The molecule has 0 unspecified atom stereocenters. The van der Waals surface area contributed by atoms with Gasteiger partial charge in [0.2, 0.25) is 11.2 Å². The number of nitrogens with one attached hydrogen (secondary N) is 1. The lowest BCUT2D eigenvalue weighted by molar-refractivity contribution is 0.292. The molecule has 0 spiro atoms. The van der Waals surface area contributed by atoms with E-state index in [0.29, 0.717) is 12.6 Å². The fourth-order valence-electron chi connectivity index (χ4n) is 1.90. The molecule has 5 nitrogen and oxygen atoms in total. The first kappa shape index (κ1) is 15.5. The van der Waals surface area contributed by atoms with Gasteiger partial charge in [0.1, 0.15) is 0 Å². The van der Waals surface area contributed by atoms with E-state index in [1.54, 1.807) is 0 Å². The first-order valence-corrected chi connectivity index (χ1v) is 7.50. The molecule has 1 heterocycles. The number of halogens is 1. The number of aryl methyl sites for hydroxylation is 1. The summed E-state index contributed by atoms with van der Waals surface area (Å²) in [5.74, 6) is 0.393. The first-order valence-electron chi connectivity index (χ1n) is 7.12. The van der Waals surface area contributed by atoms with Crippen molar-refractivity contribution in [2.45, 2.75) is 33.1 Å². The molecule has 6 heteroatoms. The van der Waals surface area contributed by atoms with E-state index in [2.05, 4.69) is 33.3 Å². The number of nitrogens with zero attached hydrogens (tertiary/aromatic N) is 3. The number of para-hydroxylation sites is 1. The number of hydrogen-bond acceptors (Lipinski definition) is 5. The molecule has 0 saturated carbocycles. The maximum Gasteiger partial charge on any atom is 0.322 e. The zero-order valence-electron chi connectivity index (χ0n) is 12.3. The van der Waals surface area contributed by atoms with Crippen LogP contribution in [0.3, 0.4) is 0 Å². The van der Waals surface area contributed by atoms with Crippen LogP contribution in [0.5, 0.6) is 6.01 Å². The summed E-state index contributed by atoms with van der Waals surface area (Å²) in [6.45, 7) is 4.71. The van der Waals surface area contributed by atoms with Crippen molar-refractivity contribution in [3.8, 4) is 6.01 Å². The number of aromatic nitrogens is 3. The third kappa shape index (κ3) is 4.56. The van der Waals surface area contributed by atoms with Crippen molar-refractivity contribution in [2.75, 3.05) is 11.9 Å². The fraction of sp³-hybridized carbons (Fsp3) is 0.400. The highest BCUT2D eigenvalue weighted by molar-refractivity contribution is 6.28. The van der Waals surface area contributed by atoms with Gasteiger partial charge in [-0.3, -0.25) is 0 Å². The number of rotatable bonds is 7. The van der Waals surface area contributed by atoms with Crippen LogP contribution >= 0.6 is 11.6 Å². The smallest absolute Gasteiger partial charge is 0.322 e. The lowest BCUT2D eigenvalue weighted by Gasteiger charge is -2.11. The van der Waals surface area contributed by atoms with Crippen molar-refractivity contribution in [3.05, 3.63) is 35.1 Å². The highest BCUT2D eigenvalue weighted by Gasteiger charge is 2.08. The van der Waals surface area contributed by atoms with Gasteiger partial charge < -0.3 is 10.1 Å². The van der Waals surface area contributed by atoms with Crippen LogP contribution in [0.4, 0.5) is 11.6 Å². The van der Waals surface area contributed by atoms with Crippen LogP contribution in [-0.2, 0) is 6.42 Å². The minimum Gasteiger partial charge on any atom is -0.463 e. The van der Waals surface area contributed by atoms with Gasteiger partial charge in [0, 0.05) is 5.69 Å². The van der Waals surface area contributed by atoms with Gasteiger partial charge in [-0.05, 0) is 36.1 Å². The summed E-state index contributed by atoms with van der Waals surface area (Å²) in [5.41, 5.74) is 2.19. The van der Waals surface area contributed by atoms with Crippen molar-refractivity contribution in [1.29, 1.82) is 0 Å². The Labute approximate surface area is 129 Å². The lowest BCUT2D eigenvalue weighted by atomic mass is 10.1. The van der Waals surface area contributed by atoms with Crippen LogP contribution in [0.1, 0.15) is 32.3 Å². The van der Waals surface area contributed by atoms with Gasteiger partial charge in [-0.1, -0.05) is 38.5 Å². The van der Waals surface area contributed by atoms with E-state index >= 15 is 0 Å². The summed E-state index contributed by atoms with van der Waals surface area (Å²) in [6.07, 6.45) is 2.94. The summed E-state index contributed by atoms with van der Waals surface area (Å²) in [5, 5.41) is 3.31. The van der Waals surface area contributed by atoms with Crippen LogP contribution in [0.25, 0.3) is 0 Å². The second kappa shape index (κ2) is 7.78. The van der Waals surface area contributed by atoms with Crippen LogP contribution < -0.4 is 10.1 Å². The normalized spacial score (nSPS) is 10.4. The molecule has 1 aromatic carbocycles. The molecule has 0 fully saturated rings. The SMILES string of the molecule is CCCOc1nc(Cl)nc(Nc2ccccc2CCC)n1. The maximum atomic E-state index is 5.91. The highest BCUT2D eigenvalue weighted by Crippen LogP contribution is 2.21. The molecule has 2 rings (SSSR count). The molecule has 0 aliphatic rings. The number of ether oxygens (including phenoxy) is 1. The molecule has 0 radical (unpaired) electrons. The minimum absolute atomic E-state index is 0.117. The molecule has 21 heavy (non-hydrogen) atoms. The summed E-state index contributed by atoms with van der Waals surface area (Å²) in [4.78, 5) is 12.3. The molecular formula is C15H19ClN4O. The van der Waals surface area contributed by atoms with Crippen LogP contribution in [-0.4, -0.2) is 21.6 Å². The van der Waals surface area contributed by atoms with E-state index in [4.69, 9.17) is 16.3 Å². The first-order chi connectivity index (χ1) is 10.2. The minimum atomic E-state index is 0.117. The Balaban J connectivity index is 2.21. The molecular weight excluding hydrogens is 288 g/mol. The molecule has 2 aromatic rings. The number of benzene rings is 1. The lowest BCUT2D eigenvalue weighted by Crippen LogP contribution is -2.05. The summed E-state index contributed by atoms with van der Waals surface area (Å²) in [7, 11) is 0. The molecule has 0 aliphatic carbocycles. The zero-order chi connectivity index (χ0) is 15.1. The summed E-state index contributed by atoms with van der Waals surface area (Å²) in [6, 6.07) is 8.32. The Hall–Kier alpha value is -1.88.